The number of primary amides is 1. The van der Waals surface area contributed by atoms with Crippen LogP contribution in [0, 0.1) is 5.82 Å². The van der Waals surface area contributed by atoms with Crippen molar-refractivity contribution in [3.05, 3.63) is 59.9 Å². The minimum Gasteiger partial charge on any atom is -0.368 e. The maximum absolute atomic E-state index is 13.4. The van der Waals surface area contributed by atoms with Crippen molar-refractivity contribution in [2.45, 2.75) is 31.2 Å². The zero-order valence-electron chi connectivity index (χ0n) is 13.2. The molecule has 1 aliphatic rings. The van der Waals surface area contributed by atoms with E-state index in [1.165, 1.54) is 12.1 Å². The Kier molecular flexibility index (Phi) is 4.34. The van der Waals surface area contributed by atoms with E-state index in [4.69, 9.17) is 5.73 Å². The summed E-state index contributed by atoms with van der Waals surface area (Å²) in [5, 5.41) is 2.81. The van der Waals surface area contributed by atoms with Gasteiger partial charge >= 0.3 is 0 Å². The van der Waals surface area contributed by atoms with Crippen LogP contribution in [0.2, 0.25) is 0 Å². The second kappa shape index (κ2) is 6.43. The van der Waals surface area contributed by atoms with Crippen LogP contribution in [0.25, 0.3) is 11.1 Å². The van der Waals surface area contributed by atoms with Crippen LogP contribution in [-0.4, -0.2) is 17.4 Å². The lowest BCUT2D eigenvalue weighted by Crippen LogP contribution is -2.55. The molecule has 2 amide bonds. The van der Waals surface area contributed by atoms with E-state index in [2.05, 4.69) is 5.32 Å². The van der Waals surface area contributed by atoms with Gasteiger partial charge in [0.2, 0.25) is 5.91 Å². The molecular weight excluding hydrogens is 307 g/mol. The highest BCUT2D eigenvalue weighted by Crippen LogP contribution is 2.30. The van der Waals surface area contributed by atoms with Crippen LogP contribution in [0.3, 0.4) is 0 Å². The molecule has 0 spiro atoms. The van der Waals surface area contributed by atoms with Gasteiger partial charge in [-0.25, -0.2) is 4.39 Å². The van der Waals surface area contributed by atoms with Crippen molar-refractivity contribution in [2.75, 3.05) is 0 Å². The Hall–Kier alpha value is -2.69. The molecule has 0 aliphatic heterocycles. The molecule has 2 aromatic rings. The van der Waals surface area contributed by atoms with E-state index in [9.17, 15) is 14.0 Å². The van der Waals surface area contributed by atoms with E-state index in [0.29, 0.717) is 24.0 Å². The van der Waals surface area contributed by atoms with Gasteiger partial charge in [0.15, 0.2) is 0 Å². The van der Waals surface area contributed by atoms with Crippen LogP contribution in [0.1, 0.15) is 36.0 Å². The maximum Gasteiger partial charge on any atom is 0.252 e. The number of nitrogens with two attached hydrogens (primary N) is 1. The number of halogens is 1. The first-order valence-electron chi connectivity index (χ1n) is 7.99. The molecule has 3 rings (SSSR count). The summed E-state index contributed by atoms with van der Waals surface area (Å²) in [6.07, 6.45) is 2.87. The minimum atomic E-state index is -0.952. The van der Waals surface area contributed by atoms with Gasteiger partial charge in [-0.2, -0.15) is 0 Å². The molecule has 24 heavy (non-hydrogen) atoms. The maximum atomic E-state index is 13.4. The zero-order valence-corrected chi connectivity index (χ0v) is 13.2. The van der Waals surface area contributed by atoms with Crippen molar-refractivity contribution < 1.29 is 14.0 Å². The summed E-state index contributed by atoms with van der Waals surface area (Å²) >= 11 is 0. The number of carbonyl (C=O) groups excluding carboxylic acids is 2. The summed E-state index contributed by atoms with van der Waals surface area (Å²) in [7, 11) is 0. The van der Waals surface area contributed by atoms with Crippen molar-refractivity contribution in [1.29, 1.82) is 0 Å². The van der Waals surface area contributed by atoms with Gasteiger partial charge in [0.1, 0.15) is 11.4 Å². The monoisotopic (exact) mass is 326 g/mol. The standard InChI is InChI=1S/C19H19FN2O2/c20-16-8-4-6-14(12-16)13-5-3-7-15(11-13)17(23)22-19(18(21)24)9-1-2-10-19/h3-8,11-12H,1-2,9-10H2,(H2,21,24)(H,22,23). The molecule has 4 nitrogen and oxygen atoms in total. The van der Waals surface area contributed by atoms with Gasteiger partial charge in [0.25, 0.3) is 5.91 Å². The fourth-order valence-corrected chi connectivity index (χ4v) is 3.21. The van der Waals surface area contributed by atoms with Crippen LogP contribution >= 0.6 is 0 Å². The van der Waals surface area contributed by atoms with Crippen LogP contribution in [0.4, 0.5) is 4.39 Å². The van der Waals surface area contributed by atoms with Crippen LogP contribution in [0.15, 0.2) is 48.5 Å². The van der Waals surface area contributed by atoms with Gasteiger partial charge in [-0.15, -0.1) is 0 Å². The SMILES string of the molecule is NC(=O)C1(NC(=O)c2cccc(-c3cccc(F)c3)c2)CCCC1. The lowest BCUT2D eigenvalue weighted by atomic mass is 9.95. The fraction of sp³-hybridized carbons (Fsp3) is 0.263. The van der Waals surface area contributed by atoms with E-state index in [1.54, 1.807) is 30.3 Å². The number of rotatable bonds is 4. The van der Waals surface area contributed by atoms with Gasteiger partial charge in [-0.3, -0.25) is 9.59 Å². The summed E-state index contributed by atoms with van der Waals surface area (Å²) in [6.45, 7) is 0. The lowest BCUT2D eigenvalue weighted by molar-refractivity contribution is -0.123. The average Bonchev–Trinajstić information content (AvgIpc) is 3.05. The number of carbonyl (C=O) groups is 2. The molecule has 5 heteroatoms. The van der Waals surface area contributed by atoms with Crippen molar-refractivity contribution in [3.63, 3.8) is 0 Å². The largest absolute Gasteiger partial charge is 0.368 e. The lowest BCUT2D eigenvalue weighted by Gasteiger charge is -2.26. The molecule has 0 saturated heterocycles. The third-order valence-corrected chi connectivity index (χ3v) is 4.56. The van der Waals surface area contributed by atoms with Crippen molar-refractivity contribution >= 4 is 11.8 Å². The second-order valence-corrected chi connectivity index (χ2v) is 6.20. The predicted molar refractivity (Wildman–Crippen MR) is 89.7 cm³/mol. The predicted octanol–water partition coefficient (Wildman–Crippen LogP) is 3.02. The molecule has 1 aliphatic carbocycles. The van der Waals surface area contributed by atoms with Gasteiger partial charge in [0, 0.05) is 5.56 Å². The van der Waals surface area contributed by atoms with Crippen LogP contribution in [-0.2, 0) is 4.79 Å². The third kappa shape index (κ3) is 3.15. The molecule has 3 N–H and O–H groups in total. The van der Waals surface area contributed by atoms with Crippen LogP contribution in [0.5, 0.6) is 0 Å². The molecular formula is C19H19FN2O2. The Morgan fingerprint density at radius 1 is 1.00 bits per heavy atom. The summed E-state index contributed by atoms with van der Waals surface area (Å²) in [4.78, 5) is 24.3. The Morgan fingerprint density at radius 3 is 2.25 bits per heavy atom. The average molecular weight is 326 g/mol. The molecule has 1 saturated carbocycles. The molecule has 0 aromatic heterocycles. The molecule has 124 valence electrons. The molecule has 0 radical (unpaired) electrons. The zero-order chi connectivity index (χ0) is 17.2. The molecule has 1 fully saturated rings. The summed E-state index contributed by atoms with van der Waals surface area (Å²) in [5.74, 6) is -1.16. The number of amides is 2. The Balaban J connectivity index is 1.86. The molecule has 0 atom stereocenters. The molecule has 2 aromatic carbocycles. The first-order valence-corrected chi connectivity index (χ1v) is 7.99. The highest BCUT2D eigenvalue weighted by Gasteiger charge is 2.40. The molecule has 0 unspecified atom stereocenters. The minimum absolute atomic E-state index is 0.332. The summed E-state index contributed by atoms with van der Waals surface area (Å²) < 4.78 is 13.4. The number of hydrogen-bond acceptors (Lipinski definition) is 2. The fourth-order valence-electron chi connectivity index (χ4n) is 3.21. The highest BCUT2D eigenvalue weighted by molar-refractivity contribution is 5.99. The van der Waals surface area contributed by atoms with E-state index in [1.807, 2.05) is 6.07 Å². The Bertz CT molecular complexity index is 782. The van der Waals surface area contributed by atoms with E-state index >= 15 is 0 Å². The van der Waals surface area contributed by atoms with Crippen LogP contribution < -0.4 is 11.1 Å². The number of hydrogen-bond donors (Lipinski definition) is 2. The Labute approximate surface area is 139 Å². The quantitative estimate of drug-likeness (QED) is 0.906. The summed E-state index contributed by atoms with van der Waals surface area (Å²) in [6, 6.07) is 13.1. The van der Waals surface area contributed by atoms with E-state index in [-0.39, 0.29) is 11.7 Å². The topological polar surface area (TPSA) is 72.2 Å². The summed E-state index contributed by atoms with van der Waals surface area (Å²) in [5.41, 5.74) is 6.40. The first kappa shape index (κ1) is 16.2. The van der Waals surface area contributed by atoms with Gasteiger partial charge in [-0.1, -0.05) is 37.1 Å². The van der Waals surface area contributed by atoms with Gasteiger partial charge in [-0.05, 0) is 48.2 Å². The smallest absolute Gasteiger partial charge is 0.252 e. The van der Waals surface area contributed by atoms with E-state index in [0.717, 1.165) is 18.4 Å². The van der Waals surface area contributed by atoms with Crippen molar-refractivity contribution in [2.24, 2.45) is 5.73 Å². The number of benzene rings is 2. The highest BCUT2D eigenvalue weighted by atomic mass is 19.1. The number of nitrogens with one attached hydrogen (secondary N) is 1. The van der Waals surface area contributed by atoms with Gasteiger partial charge in [0.05, 0.1) is 0 Å². The normalized spacial score (nSPS) is 15.9. The first-order chi connectivity index (χ1) is 11.5. The Morgan fingerprint density at radius 2 is 1.62 bits per heavy atom. The van der Waals surface area contributed by atoms with E-state index < -0.39 is 11.4 Å². The van der Waals surface area contributed by atoms with Crippen molar-refractivity contribution in [1.82, 2.24) is 5.32 Å². The molecule has 0 bridgehead atoms. The van der Waals surface area contributed by atoms with Crippen molar-refractivity contribution in [3.8, 4) is 11.1 Å². The third-order valence-electron chi connectivity index (χ3n) is 4.56. The van der Waals surface area contributed by atoms with Gasteiger partial charge < -0.3 is 11.1 Å². The molecule has 0 heterocycles. The second-order valence-electron chi connectivity index (χ2n) is 6.20.